The van der Waals surface area contributed by atoms with E-state index in [1.165, 1.54) is 6.07 Å². The first-order valence-corrected chi connectivity index (χ1v) is 8.70. The molecule has 0 aliphatic rings. The van der Waals surface area contributed by atoms with Crippen molar-refractivity contribution in [1.29, 1.82) is 0 Å². The van der Waals surface area contributed by atoms with Crippen LogP contribution in [0, 0.1) is 0 Å². The van der Waals surface area contributed by atoms with Crippen molar-refractivity contribution in [1.82, 2.24) is 5.32 Å². The van der Waals surface area contributed by atoms with Gasteiger partial charge in [-0.1, -0.05) is 12.1 Å². The second-order valence-corrected chi connectivity index (χ2v) is 5.72. The first-order valence-electron chi connectivity index (χ1n) is 8.70. The fraction of sp³-hybridized carbons (Fsp3) is 0.300. The Bertz CT molecular complexity index is 777. The molecule has 0 aliphatic carbocycles. The van der Waals surface area contributed by atoms with Crippen molar-refractivity contribution in [2.24, 2.45) is 4.99 Å². The summed E-state index contributed by atoms with van der Waals surface area (Å²) in [6.45, 7) is 6.59. The third-order valence-electron chi connectivity index (χ3n) is 4.05. The van der Waals surface area contributed by atoms with Gasteiger partial charge in [0.1, 0.15) is 11.5 Å². The number of nitrogens with zero attached hydrogens (tertiary/aromatic N) is 2. The summed E-state index contributed by atoms with van der Waals surface area (Å²) < 4.78 is 0. The molecule has 2 aromatic rings. The molecule has 1 amide bonds. The van der Waals surface area contributed by atoms with E-state index in [2.05, 4.69) is 29.1 Å². The SMILES string of the molecule is CCN(CC)c1ccc(C=NCCNC(=O)c2ccccc2O)c(O)c1.[Mn]. The number of para-hydroxylation sites is 1. The van der Waals surface area contributed by atoms with E-state index in [4.69, 9.17) is 0 Å². The summed E-state index contributed by atoms with van der Waals surface area (Å²) in [7, 11) is 0. The van der Waals surface area contributed by atoms with Crippen molar-refractivity contribution in [2.45, 2.75) is 13.8 Å². The fourth-order valence-electron chi connectivity index (χ4n) is 2.58. The Morgan fingerprint density at radius 3 is 2.44 bits per heavy atom. The number of hydrogen-bond donors (Lipinski definition) is 3. The second kappa shape index (κ2) is 11.3. The topological polar surface area (TPSA) is 85.2 Å². The average Bonchev–Trinajstić information content (AvgIpc) is 2.64. The van der Waals surface area contributed by atoms with Gasteiger partial charge in [-0.25, -0.2) is 0 Å². The maximum atomic E-state index is 11.9. The molecule has 3 N–H and O–H groups in total. The van der Waals surface area contributed by atoms with Crippen LogP contribution in [0.3, 0.4) is 0 Å². The Kier molecular flexibility index (Phi) is 9.40. The molecule has 27 heavy (non-hydrogen) atoms. The summed E-state index contributed by atoms with van der Waals surface area (Å²) in [5.41, 5.74) is 1.84. The summed E-state index contributed by atoms with van der Waals surface area (Å²) in [5, 5.41) is 22.5. The summed E-state index contributed by atoms with van der Waals surface area (Å²) in [6.07, 6.45) is 1.59. The normalized spacial score (nSPS) is 10.4. The molecule has 0 aliphatic heterocycles. The Balaban J connectivity index is 0.00000364. The van der Waals surface area contributed by atoms with Gasteiger partial charge in [-0.05, 0) is 38.1 Å². The molecular weight excluding hydrogens is 385 g/mol. The third kappa shape index (κ3) is 6.31. The van der Waals surface area contributed by atoms with E-state index in [-0.39, 0.29) is 40.0 Å². The van der Waals surface area contributed by atoms with E-state index in [1.807, 2.05) is 12.1 Å². The van der Waals surface area contributed by atoms with Gasteiger partial charge < -0.3 is 20.4 Å². The van der Waals surface area contributed by atoms with Crippen LogP contribution in [-0.2, 0) is 17.1 Å². The number of hydrogen-bond acceptors (Lipinski definition) is 5. The molecule has 0 unspecified atom stereocenters. The van der Waals surface area contributed by atoms with Crippen molar-refractivity contribution in [3.8, 4) is 11.5 Å². The summed E-state index contributed by atoms with van der Waals surface area (Å²) in [6, 6.07) is 11.9. The molecule has 0 heterocycles. The zero-order valence-electron chi connectivity index (χ0n) is 15.5. The number of nitrogens with one attached hydrogen (secondary N) is 1. The van der Waals surface area contributed by atoms with E-state index in [9.17, 15) is 15.0 Å². The number of carbonyl (C=O) groups excluding carboxylic acids is 1. The van der Waals surface area contributed by atoms with Gasteiger partial charge in [-0.3, -0.25) is 9.79 Å². The monoisotopic (exact) mass is 410 g/mol. The van der Waals surface area contributed by atoms with Gasteiger partial charge in [-0.15, -0.1) is 0 Å². The van der Waals surface area contributed by atoms with Gasteiger partial charge in [0.2, 0.25) is 0 Å². The Morgan fingerprint density at radius 1 is 1.11 bits per heavy atom. The molecule has 6 nitrogen and oxygen atoms in total. The van der Waals surface area contributed by atoms with Gasteiger partial charge in [0.05, 0.1) is 12.1 Å². The van der Waals surface area contributed by atoms with Crippen LogP contribution < -0.4 is 10.2 Å². The molecule has 0 atom stereocenters. The van der Waals surface area contributed by atoms with E-state index in [0.29, 0.717) is 18.7 Å². The minimum absolute atomic E-state index is 0. The molecule has 0 saturated heterocycles. The van der Waals surface area contributed by atoms with Crippen molar-refractivity contribution in [2.75, 3.05) is 31.1 Å². The standard InChI is InChI=1S/C20H25N3O3.Mn/c1-3-23(4-2)16-10-9-15(19(25)13-16)14-21-11-12-22-20(26)17-7-5-6-8-18(17)24;/h5-10,13-14,24-25H,3-4,11-12H2,1-2H3,(H,22,26);. The van der Waals surface area contributed by atoms with Gasteiger partial charge in [0, 0.05) is 60.2 Å². The molecule has 0 spiro atoms. The molecule has 0 bridgehead atoms. The first kappa shape index (κ1) is 22.5. The van der Waals surface area contributed by atoms with E-state index in [0.717, 1.165) is 18.8 Å². The first-order chi connectivity index (χ1) is 12.6. The van der Waals surface area contributed by atoms with Crippen LogP contribution in [0.1, 0.15) is 29.8 Å². The summed E-state index contributed by atoms with van der Waals surface area (Å²) in [5.74, 6) is -0.215. The molecule has 0 fully saturated rings. The number of rotatable bonds is 8. The maximum absolute atomic E-state index is 11.9. The van der Waals surface area contributed by atoms with Gasteiger partial charge in [0.25, 0.3) is 5.91 Å². The number of aromatic hydroxyl groups is 2. The van der Waals surface area contributed by atoms with Crippen LogP contribution in [-0.4, -0.2) is 48.5 Å². The summed E-state index contributed by atoms with van der Waals surface area (Å²) >= 11 is 0. The molecule has 7 heteroatoms. The second-order valence-electron chi connectivity index (χ2n) is 5.72. The number of anilines is 1. The Labute approximate surface area is 170 Å². The number of benzene rings is 2. The molecule has 0 saturated carbocycles. The molecular formula is C20H25MnN3O3. The van der Waals surface area contributed by atoms with Crippen LogP contribution in [0.2, 0.25) is 0 Å². The predicted octanol–water partition coefficient (Wildman–Crippen LogP) is 2.79. The number of carbonyl (C=O) groups is 1. The quantitative estimate of drug-likeness (QED) is 0.355. The minimum Gasteiger partial charge on any atom is -0.507 e. The minimum atomic E-state index is -0.343. The van der Waals surface area contributed by atoms with E-state index >= 15 is 0 Å². The zero-order valence-corrected chi connectivity index (χ0v) is 16.7. The molecule has 1 radical (unpaired) electrons. The van der Waals surface area contributed by atoms with Crippen LogP contribution in [0.15, 0.2) is 47.5 Å². The largest absolute Gasteiger partial charge is 0.507 e. The Hall–Kier alpha value is -2.50. The van der Waals surface area contributed by atoms with Gasteiger partial charge in [-0.2, -0.15) is 0 Å². The van der Waals surface area contributed by atoms with Crippen molar-refractivity contribution in [3.63, 3.8) is 0 Å². The van der Waals surface area contributed by atoms with Crippen LogP contribution in [0.5, 0.6) is 11.5 Å². The number of aliphatic imine (C=N–C) groups is 1. The molecule has 0 aromatic heterocycles. The van der Waals surface area contributed by atoms with Crippen LogP contribution in [0.25, 0.3) is 0 Å². The summed E-state index contributed by atoms with van der Waals surface area (Å²) in [4.78, 5) is 18.3. The Morgan fingerprint density at radius 2 is 1.81 bits per heavy atom. The zero-order chi connectivity index (χ0) is 18.9. The van der Waals surface area contributed by atoms with Gasteiger partial charge >= 0.3 is 0 Å². The average molecular weight is 410 g/mol. The van der Waals surface area contributed by atoms with Crippen molar-refractivity contribution < 1.29 is 32.1 Å². The van der Waals surface area contributed by atoms with Crippen LogP contribution >= 0.6 is 0 Å². The van der Waals surface area contributed by atoms with E-state index < -0.39 is 0 Å². The van der Waals surface area contributed by atoms with Gasteiger partial charge in [0.15, 0.2) is 0 Å². The molecule has 145 valence electrons. The third-order valence-corrected chi connectivity index (χ3v) is 4.05. The van der Waals surface area contributed by atoms with E-state index in [1.54, 1.807) is 30.5 Å². The number of phenolic OH excluding ortho intramolecular Hbond substituents is 2. The molecule has 2 aromatic carbocycles. The smallest absolute Gasteiger partial charge is 0.255 e. The fourth-order valence-corrected chi connectivity index (χ4v) is 2.58. The maximum Gasteiger partial charge on any atom is 0.255 e. The van der Waals surface area contributed by atoms with Crippen LogP contribution in [0.4, 0.5) is 5.69 Å². The predicted molar refractivity (Wildman–Crippen MR) is 105 cm³/mol. The van der Waals surface area contributed by atoms with Crippen molar-refractivity contribution >= 4 is 17.8 Å². The van der Waals surface area contributed by atoms with Crippen molar-refractivity contribution in [3.05, 3.63) is 53.6 Å². The number of amides is 1. The number of phenols is 2. The molecule has 2 rings (SSSR count).